The Morgan fingerprint density at radius 2 is 2.10 bits per heavy atom. The predicted octanol–water partition coefficient (Wildman–Crippen LogP) is 0.229. The average Bonchev–Trinajstić information content (AvgIpc) is 2.98. The zero-order valence-corrected chi connectivity index (χ0v) is 11.7. The van der Waals surface area contributed by atoms with E-state index in [0.29, 0.717) is 12.1 Å². The number of anilines is 1. The Morgan fingerprint density at radius 1 is 1.40 bits per heavy atom. The van der Waals surface area contributed by atoms with Gasteiger partial charge in [0.25, 0.3) is 0 Å². The van der Waals surface area contributed by atoms with E-state index in [0.717, 1.165) is 25.7 Å². The third-order valence-corrected chi connectivity index (χ3v) is 3.61. The van der Waals surface area contributed by atoms with Crippen LogP contribution in [0.15, 0.2) is 12.4 Å². The van der Waals surface area contributed by atoms with Crippen molar-refractivity contribution in [1.82, 2.24) is 15.1 Å². The molecule has 2 amide bonds. The summed E-state index contributed by atoms with van der Waals surface area (Å²) in [5.74, 6) is -0.244. The lowest BCUT2D eigenvalue weighted by Gasteiger charge is -2.22. The third-order valence-electron chi connectivity index (χ3n) is 3.61. The number of likely N-dealkylation sites (N-methyl/N-ethyl adjacent to an activating group) is 1. The molecule has 0 bridgehead atoms. The molecule has 1 fully saturated rings. The van der Waals surface area contributed by atoms with Crippen LogP contribution in [0.1, 0.15) is 32.1 Å². The maximum absolute atomic E-state index is 12.0. The Bertz CT molecular complexity index is 491. The van der Waals surface area contributed by atoms with Crippen molar-refractivity contribution in [3.8, 4) is 0 Å². The van der Waals surface area contributed by atoms with Crippen LogP contribution in [0.4, 0.5) is 5.69 Å². The van der Waals surface area contributed by atoms with Crippen LogP contribution in [-0.2, 0) is 16.1 Å². The molecule has 1 saturated carbocycles. The highest BCUT2D eigenvalue weighted by Gasteiger charge is 2.31. The van der Waals surface area contributed by atoms with E-state index in [9.17, 15) is 9.59 Å². The number of hydrogen-bond acceptors (Lipinski definition) is 4. The van der Waals surface area contributed by atoms with Crippen molar-refractivity contribution < 1.29 is 9.59 Å². The first-order valence-electron chi connectivity index (χ1n) is 6.82. The number of carbonyl (C=O) groups is 2. The van der Waals surface area contributed by atoms with Crippen molar-refractivity contribution >= 4 is 17.5 Å². The molecule has 1 aromatic heterocycles. The van der Waals surface area contributed by atoms with Gasteiger partial charge in [-0.1, -0.05) is 12.8 Å². The monoisotopic (exact) mass is 279 g/mol. The SMILES string of the molecule is CNC(=O)Cn1cc(NC(=O)CC2(N)CCCC2)cn1. The van der Waals surface area contributed by atoms with E-state index in [1.807, 2.05) is 0 Å². The minimum absolute atomic E-state index is 0.103. The highest BCUT2D eigenvalue weighted by atomic mass is 16.2. The van der Waals surface area contributed by atoms with E-state index < -0.39 is 0 Å². The molecule has 1 aliphatic rings. The van der Waals surface area contributed by atoms with Crippen LogP contribution < -0.4 is 16.4 Å². The summed E-state index contributed by atoms with van der Waals surface area (Å²) >= 11 is 0. The quantitative estimate of drug-likeness (QED) is 0.718. The van der Waals surface area contributed by atoms with Crippen molar-refractivity contribution in [2.45, 2.75) is 44.2 Å². The van der Waals surface area contributed by atoms with Crippen molar-refractivity contribution in [1.29, 1.82) is 0 Å². The summed E-state index contributed by atoms with van der Waals surface area (Å²) in [6, 6.07) is 0. The summed E-state index contributed by atoms with van der Waals surface area (Å²) < 4.78 is 1.47. The molecule has 20 heavy (non-hydrogen) atoms. The minimum atomic E-state index is -0.359. The lowest BCUT2D eigenvalue weighted by atomic mass is 9.94. The van der Waals surface area contributed by atoms with Gasteiger partial charge < -0.3 is 16.4 Å². The number of amides is 2. The smallest absolute Gasteiger partial charge is 0.241 e. The predicted molar refractivity (Wildman–Crippen MR) is 74.9 cm³/mol. The fourth-order valence-electron chi connectivity index (χ4n) is 2.52. The largest absolute Gasteiger partial charge is 0.358 e. The van der Waals surface area contributed by atoms with E-state index in [-0.39, 0.29) is 23.9 Å². The Hall–Kier alpha value is -1.89. The van der Waals surface area contributed by atoms with Gasteiger partial charge in [0.05, 0.1) is 11.9 Å². The fourth-order valence-corrected chi connectivity index (χ4v) is 2.52. The molecule has 1 heterocycles. The molecular weight excluding hydrogens is 258 g/mol. The average molecular weight is 279 g/mol. The summed E-state index contributed by atoms with van der Waals surface area (Å²) in [6.07, 6.45) is 7.46. The lowest BCUT2D eigenvalue weighted by Crippen LogP contribution is -2.40. The van der Waals surface area contributed by atoms with Crippen LogP contribution in [0.5, 0.6) is 0 Å². The molecule has 1 aliphatic carbocycles. The molecule has 0 aliphatic heterocycles. The molecule has 2 rings (SSSR count). The van der Waals surface area contributed by atoms with E-state index in [1.54, 1.807) is 13.2 Å². The van der Waals surface area contributed by atoms with Gasteiger partial charge in [-0.25, -0.2) is 0 Å². The first-order valence-corrected chi connectivity index (χ1v) is 6.82. The van der Waals surface area contributed by atoms with Gasteiger partial charge in [-0.2, -0.15) is 5.10 Å². The Balaban J connectivity index is 1.86. The van der Waals surface area contributed by atoms with Crippen molar-refractivity contribution in [2.75, 3.05) is 12.4 Å². The molecule has 0 atom stereocenters. The second kappa shape index (κ2) is 6.04. The number of rotatable bonds is 5. The van der Waals surface area contributed by atoms with Gasteiger partial charge in [-0.3, -0.25) is 14.3 Å². The molecular formula is C13H21N5O2. The molecule has 7 nitrogen and oxygen atoms in total. The molecule has 0 spiro atoms. The molecule has 0 saturated heterocycles. The number of hydrogen-bond donors (Lipinski definition) is 3. The van der Waals surface area contributed by atoms with Crippen LogP contribution in [-0.4, -0.2) is 34.2 Å². The van der Waals surface area contributed by atoms with Gasteiger partial charge in [-0.15, -0.1) is 0 Å². The maximum Gasteiger partial charge on any atom is 0.241 e. The van der Waals surface area contributed by atoms with E-state index in [1.165, 1.54) is 10.9 Å². The normalized spacial score (nSPS) is 16.9. The number of nitrogens with one attached hydrogen (secondary N) is 2. The topological polar surface area (TPSA) is 102 Å². The first-order chi connectivity index (χ1) is 9.50. The summed E-state index contributed by atoms with van der Waals surface area (Å²) in [5, 5.41) is 9.30. The molecule has 110 valence electrons. The van der Waals surface area contributed by atoms with Crippen LogP contribution >= 0.6 is 0 Å². The van der Waals surface area contributed by atoms with Crippen LogP contribution in [0.2, 0.25) is 0 Å². The number of aromatic nitrogens is 2. The summed E-state index contributed by atoms with van der Waals surface area (Å²) in [6.45, 7) is 0.132. The lowest BCUT2D eigenvalue weighted by molar-refractivity contribution is -0.121. The van der Waals surface area contributed by atoms with Gasteiger partial charge in [0.15, 0.2) is 0 Å². The number of nitrogens with zero attached hydrogens (tertiary/aromatic N) is 2. The van der Waals surface area contributed by atoms with E-state index in [4.69, 9.17) is 5.73 Å². The highest BCUT2D eigenvalue weighted by molar-refractivity contribution is 5.91. The second-order valence-electron chi connectivity index (χ2n) is 5.39. The first kappa shape index (κ1) is 14.5. The molecule has 0 aromatic carbocycles. The molecule has 1 aromatic rings. The Morgan fingerprint density at radius 3 is 2.75 bits per heavy atom. The Kier molecular flexibility index (Phi) is 4.39. The number of carbonyl (C=O) groups excluding carboxylic acids is 2. The maximum atomic E-state index is 12.0. The third kappa shape index (κ3) is 3.80. The van der Waals surface area contributed by atoms with Crippen LogP contribution in [0.3, 0.4) is 0 Å². The molecule has 4 N–H and O–H groups in total. The highest BCUT2D eigenvalue weighted by Crippen LogP contribution is 2.30. The van der Waals surface area contributed by atoms with Gasteiger partial charge >= 0.3 is 0 Å². The van der Waals surface area contributed by atoms with Crippen molar-refractivity contribution in [3.63, 3.8) is 0 Å². The standard InChI is InChI=1S/C13H21N5O2/c1-15-12(20)9-18-8-10(7-16-18)17-11(19)6-13(14)4-2-3-5-13/h7-8H,2-6,9,14H2,1H3,(H,15,20)(H,17,19). The van der Waals surface area contributed by atoms with Gasteiger partial charge in [0, 0.05) is 25.2 Å². The van der Waals surface area contributed by atoms with Gasteiger partial charge in [0.2, 0.25) is 11.8 Å². The molecule has 0 radical (unpaired) electrons. The summed E-state index contributed by atoms with van der Waals surface area (Å²) in [4.78, 5) is 23.2. The molecule has 0 unspecified atom stereocenters. The van der Waals surface area contributed by atoms with E-state index >= 15 is 0 Å². The van der Waals surface area contributed by atoms with E-state index in [2.05, 4.69) is 15.7 Å². The summed E-state index contributed by atoms with van der Waals surface area (Å²) in [5.41, 5.74) is 6.39. The molecule has 7 heteroatoms. The van der Waals surface area contributed by atoms with Crippen molar-refractivity contribution in [3.05, 3.63) is 12.4 Å². The van der Waals surface area contributed by atoms with Gasteiger partial charge in [-0.05, 0) is 12.8 Å². The second-order valence-corrected chi connectivity index (χ2v) is 5.39. The van der Waals surface area contributed by atoms with Crippen LogP contribution in [0, 0.1) is 0 Å². The zero-order valence-electron chi connectivity index (χ0n) is 11.7. The fraction of sp³-hybridized carbons (Fsp3) is 0.615. The minimum Gasteiger partial charge on any atom is -0.358 e. The Labute approximate surface area is 117 Å². The zero-order chi connectivity index (χ0) is 14.6. The van der Waals surface area contributed by atoms with Gasteiger partial charge in [0.1, 0.15) is 6.54 Å². The summed E-state index contributed by atoms with van der Waals surface area (Å²) in [7, 11) is 1.57. The van der Waals surface area contributed by atoms with Crippen LogP contribution in [0.25, 0.3) is 0 Å². The number of nitrogens with two attached hydrogens (primary N) is 1. The van der Waals surface area contributed by atoms with Crippen molar-refractivity contribution in [2.24, 2.45) is 5.73 Å².